The summed E-state index contributed by atoms with van der Waals surface area (Å²) in [6, 6.07) is 4.57. The number of nitrogens with one attached hydrogen (secondary N) is 1. The topological polar surface area (TPSA) is 77.1 Å². The largest absolute Gasteiger partial charge is 0.463 e. The van der Waals surface area contributed by atoms with Crippen LogP contribution in [-0.4, -0.2) is 37.3 Å². The van der Waals surface area contributed by atoms with Crippen molar-refractivity contribution in [3.8, 4) is 11.5 Å². The van der Waals surface area contributed by atoms with E-state index >= 15 is 0 Å². The molecule has 0 spiro atoms. The number of fused-ring (bicyclic) bond motifs is 1. The van der Waals surface area contributed by atoms with E-state index in [0.29, 0.717) is 29.2 Å². The Balaban J connectivity index is 2.08. The van der Waals surface area contributed by atoms with Gasteiger partial charge in [-0.1, -0.05) is 19.4 Å². The summed E-state index contributed by atoms with van der Waals surface area (Å²) in [4.78, 5) is 26.5. The van der Waals surface area contributed by atoms with Gasteiger partial charge < -0.3 is 24.4 Å². The van der Waals surface area contributed by atoms with Crippen LogP contribution < -0.4 is 14.8 Å². The summed E-state index contributed by atoms with van der Waals surface area (Å²) in [7, 11) is 1.66. The molecule has 1 N–H and O–H groups in total. The molecule has 1 aromatic carbocycles. The minimum atomic E-state index is -0.584. The molecule has 0 bridgehead atoms. The number of rotatable bonds is 5. The highest BCUT2D eigenvalue weighted by molar-refractivity contribution is 5.95. The number of ether oxygens (including phenoxy) is 3. The van der Waals surface area contributed by atoms with Crippen LogP contribution in [0.4, 0.5) is 4.79 Å². The highest BCUT2D eigenvalue weighted by Crippen LogP contribution is 2.38. The standard InChI is InChI=1S/C18H22N2O5/c1-4-6-12-15(17(21)23-5-2)16(19-18(22)20(12)3)11-7-8-13-14(9-11)25-10-24-13/h7-9,16H,4-6,10H2,1-3H3,(H,19,22)/t16-/m1/s1. The van der Waals surface area contributed by atoms with Crippen molar-refractivity contribution in [3.63, 3.8) is 0 Å². The van der Waals surface area contributed by atoms with Crippen LogP contribution in [0, 0.1) is 0 Å². The van der Waals surface area contributed by atoms with Gasteiger partial charge in [-0.2, -0.15) is 0 Å². The Hall–Kier alpha value is -2.70. The number of benzene rings is 1. The number of esters is 1. The molecule has 134 valence electrons. The molecule has 25 heavy (non-hydrogen) atoms. The van der Waals surface area contributed by atoms with Crippen molar-refractivity contribution in [2.75, 3.05) is 20.4 Å². The lowest BCUT2D eigenvalue weighted by Crippen LogP contribution is -2.46. The van der Waals surface area contributed by atoms with Gasteiger partial charge in [-0.05, 0) is 31.0 Å². The molecule has 0 saturated heterocycles. The van der Waals surface area contributed by atoms with Gasteiger partial charge in [-0.25, -0.2) is 9.59 Å². The van der Waals surface area contributed by atoms with Gasteiger partial charge >= 0.3 is 12.0 Å². The first-order valence-electron chi connectivity index (χ1n) is 8.40. The van der Waals surface area contributed by atoms with Crippen molar-refractivity contribution in [3.05, 3.63) is 35.0 Å². The second kappa shape index (κ2) is 7.04. The molecule has 3 rings (SSSR count). The van der Waals surface area contributed by atoms with Crippen LogP contribution in [0.25, 0.3) is 0 Å². The normalized spacial score (nSPS) is 19.1. The molecule has 1 atom stereocenters. The number of nitrogens with zero attached hydrogens (tertiary/aromatic N) is 1. The predicted molar refractivity (Wildman–Crippen MR) is 90.2 cm³/mol. The van der Waals surface area contributed by atoms with E-state index in [-0.39, 0.29) is 19.4 Å². The molecule has 0 fully saturated rings. The van der Waals surface area contributed by atoms with Crippen molar-refractivity contribution >= 4 is 12.0 Å². The van der Waals surface area contributed by atoms with Gasteiger partial charge in [0, 0.05) is 12.7 Å². The lowest BCUT2D eigenvalue weighted by molar-refractivity contribution is -0.139. The molecule has 2 amide bonds. The Bertz CT molecular complexity index is 728. The van der Waals surface area contributed by atoms with E-state index < -0.39 is 12.0 Å². The van der Waals surface area contributed by atoms with E-state index in [1.165, 1.54) is 4.90 Å². The van der Waals surface area contributed by atoms with Crippen LogP contribution >= 0.6 is 0 Å². The van der Waals surface area contributed by atoms with Gasteiger partial charge in [-0.15, -0.1) is 0 Å². The Labute approximate surface area is 146 Å². The van der Waals surface area contributed by atoms with E-state index in [0.717, 1.165) is 12.0 Å². The average Bonchev–Trinajstić information content (AvgIpc) is 3.06. The summed E-state index contributed by atoms with van der Waals surface area (Å²) < 4.78 is 16.0. The van der Waals surface area contributed by atoms with Crippen LogP contribution in [0.1, 0.15) is 38.3 Å². The molecule has 7 nitrogen and oxygen atoms in total. The number of urea groups is 1. The molecule has 2 heterocycles. The summed E-state index contributed by atoms with van der Waals surface area (Å²) in [6.45, 7) is 4.21. The highest BCUT2D eigenvalue weighted by Gasteiger charge is 2.36. The fraction of sp³-hybridized carbons (Fsp3) is 0.444. The zero-order chi connectivity index (χ0) is 18.0. The number of hydrogen-bond acceptors (Lipinski definition) is 5. The zero-order valence-corrected chi connectivity index (χ0v) is 14.6. The molecule has 0 aromatic heterocycles. The van der Waals surface area contributed by atoms with Gasteiger partial charge in [0.05, 0.1) is 18.2 Å². The van der Waals surface area contributed by atoms with E-state index in [4.69, 9.17) is 14.2 Å². The Morgan fingerprint density at radius 1 is 1.32 bits per heavy atom. The van der Waals surface area contributed by atoms with E-state index in [9.17, 15) is 9.59 Å². The Morgan fingerprint density at radius 2 is 2.08 bits per heavy atom. The molecule has 2 aliphatic rings. The van der Waals surface area contributed by atoms with Crippen LogP contribution in [0.2, 0.25) is 0 Å². The quantitative estimate of drug-likeness (QED) is 0.830. The maximum Gasteiger partial charge on any atom is 0.338 e. The molecule has 0 unspecified atom stereocenters. The van der Waals surface area contributed by atoms with Gasteiger partial charge in [0.25, 0.3) is 0 Å². The summed E-state index contributed by atoms with van der Waals surface area (Å²) >= 11 is 0. The van der Waals surface area contributed by atoms with E-state index in [1.807, 2.05) is 13.0 Å². The van der Waals surface area contributed by atoms with Crippen molar-refractivity contribution in [2.45, 2.75) is 32.7 Å². The smallest absolute Gasteiger partial charge is 0.338 e. The van der Waals surface area contributed by atoms with Gasteiger partial charge in [0.2, 0.25) is 6.79 Å². The first-order valence-corrected chi connectivity index (χ1v) is 8.40. The molecule has 0 radical (unpaired) electrons. The molecule has 0 aliphatic carbocycles. The summed E-state index contributed by atoms with van der Waals surface area (Å²) in [5, 5.41) is 2.88. The number of amides is 2. The first kappa shape index (κ1) is 17.1. The maximum atomic E-state index is 12.6. The monoisotopic (exact) mass is 346 g/mol. The number of allylic oxidation sites excluding steroid dienone is 1. The summed E-state index contributed by atoms with van der Waals surface area (Å²) in [5.74, 6) is 0.838. The zero-order valence-electron chi connectivity index (χ0n) is 14.6. The van der Waals surface area contributed by atoms with Crippen LogP contribution in [0.5, 0.6) is 11.5 Å². The minimum absolute atomic E-state index is 0.167. The van der Waals surface area contributed by atoms with Gasteiger partial charge in [0.1, 0.15) is 0 Å². The molecule has 0 saturated carbocycles. The number of carbonyl (C=O) groups excluding carboxylic acids is 2. The summed E-state index contributed by atoms with van der Waals surface area (Å²) in [6.07, 6.45) is 1.42. The Kier molecular flexibility index (Phi) is 4.83. The predicted octanol–water partition coefficient (Wildman–Crippen LogP) is 2.73. The number of carbonyl (C=O) groups is 2. The van der Waals surface area contributed by atoms with Crippen molar-refractivity contribution in [1.29, 1.82) is 0 Å². The van der Waals surface area contributed by atoms with Gasteiger partial charge in [-0.3, -0.25) is 0 Å². The average molecular weight is 346 g/mol. The SMILES string of the molecule is CCCC1=C(C(=O)OCC)[C@@H](c2ccc3c(c2)OCO3)NC(=O)N1C. The highest BCUT2D eigenvalue weighted by atomic mass is 16.7. The maximum absolute atomic E-state index is 12.6. The Morgan fingerprint density at radius 3 is 2.80 bits per heavy atom. The fourth-order valence-corrected chi connectivity index (χ4v) is 3.09. The van der Waals surface area contributed by atoms with Crippen LogP contribution in [-0.2, 0) is 9.53 Å². The third kappa shape index (κ3) is 3.14. The minimum Gasteiger partial charge on any atom is -0.463 e. The molecule has 7 heteroatoms. The lowest BCUT2D eigenvalue weighted by atomic mass is 9.93. The molecule has 1 aromatic rings. The third-order valence-electron chi connectivity index (χ3n) is 4.29. The second-order valence-electron chi connectivity index (χ2n) is 5.89. The third-order valence-corrected chi connectivity index (χ3v) is 4.29. The lowest BCUT2D eigenvalue weighted by Gasteiger charge is -2.34. The first-order chi connectivity index (χ1) is 12.1. The van der Waals surface area contributed by atoms with Crippen LogP contribution in [0.3, 0.4) is 0 Å². The molecular weight excluding hydrogens is 324 g/mol. The van der Waals surface area contributed by atoms with Gasteiger partial charge in [0.15, 0.2) is 11.5 Å². The summed E-state index contributed by atoms with van der Waals surface area (Å²) in [5.41, 5.74) is 1.90. The van der Waals surface area contributed by atoms with E-state index in [1.54, 1.807) is 26.1 Å². The molecule has 2 aliphatic heterocycles. The fourth-order valence-electron chi connectivity index (χ4n) is 3.09. The molecular formula is C18H22N2O5. The van der Waals surface area contributed by atoms with Crippen molar-refractivity contribution in [1.82, 2.24) is 10.2 Å². The van der Waals surface area contributed by atoms with Crippen molar-refractivity contribution < 1.29 is 23.8 Å². The van der Waals surface area contributed by atoms with E-state index in [2.05, 4.69) is 5.32 Å². The van der Waals surface area contributed by atoms with Crippen molar-refractivity contribution in [2.24, 2.45) is 0 Å². The second-order valence-corrected chi connectivity index (χ2v) is 5.89. The number of hydrogen-bond donors (Lipinski definition) is 1. The van der Waals surface area contributed by atoms with Crippen LogP contribution in [0.15, 0.2) is 29.5 Å².